The molecule has 0 heterocycles. The Balaban J connectivity index is 1.84. The number of hydrogen-bond donors (Lipinski definition) is 1. The van der Waals surface area contributed by atoms with Crippen LogP contribution in [0.5, 0.6) is 11.5 Å². The minimum absolute atomic E-state index is 0.657. The molecule has 0 aromatic heterocycles. The van der Waals surface area contributed by atoms with E-state index in [0.29, 0.717) is 6.04 Å². The molecule has 21 heavy (non-hydrogen) atoms. The van der Waals surface area contributed by atoms with Crippen molar-refractivity contribution in [2.24, 2.45) is 0 Å². The van der Waals surface area contributed by atoms with Gasteiger partial charge in [-0.25, -0.2) is 0 Å². The summed E-state index contributed by atoms with van der Waals surface area (Å²) in [6, 6.07) is 12.5. The van der Waals surface area contributed by atoms with Crippen LogP contribution in [0.2, 0.25) is 5.02 Å². The summed E-state index contributed by atoms with van der Waals surface area (Å²) in [5.74, 6) is 1.72. The zero-order chi connectivity index (χ0) is 14.8. The number of aryl methyl sites for hydroxylation is 1. The van der Waals surface area contributed by atoms with Crippen LogP contribution in [-0.4, -0.2) is 6.04 Å². The Bertz CT molecular complexity index is 655. The number of benzene rings is 2. The molecular formula is C17H17BrClNO. The fourth-order valence-electron chi connectivity index (χ4n) is 2.13. The van der Waals surface area contributed by atoms with Crippen LogP contribution in [0.4, 0.5) is 0 Å². The number of halogens is 2. The highest BCUT2D eigenvalue weighted by molar-refractivity contribution is 9.10. The Kier molecular flexibility index (Phi) is 4.53. The lowest BCUT2D eigenvalue weighted by molar-refractivity contribution is 0.468. The average molecular weight is 367 g/mol. The van der Waals surface area contributed by atoms with Crippen molar-refractivity contribution < 1.29 is 4.74 Å². The van der Waals surface area contributed by atoms with E-state index in [9.17, 15) is 0 Å². The standard InChI is InChI=1S/C17H17BrClNO/c1-11-2-3-13(18)9-17(11)21-16-7-4-14(19)8-12(16)10-20-15-5-6-15/h2-4,7-9,15,20H,5-6,10H2,1H3. The molecule has 0 unspecified atom stereocenters. The Morgan fingerprint density at radius 1 is 1.19 bits per heavy atom. The van der Waals surface area contributed by atoms with Gasteiger partial charge < -0.3 is 10.1 Å². The van der Waals surface area contributed by atoms with Gasteiger partial charge in [0.25, 0.3) is 0 Å². The predicted molar refractivity (Wildman–Crippen MR) is 90.3 cm³/mol. The highest BCUT2D eigenvalue weighted by atomic mass is 79.9. The van der Waals surface area contributed by atoms with E-state index in [0.717, 1.165) is 38.7 Å². The molecule has 1 aliphatic carbocycles. The van der Waals surface area contributed by atoms with Crippen molar-refractivity contribution in [3.8, 4) is 11.5 Å². The molecular weight excluding hydrogens is 350 g/mol. The van der Waals surface area contributed by atoms with Gasteiger partial charge in [0.05, 0.1) is 0 Å². The van der Waals surface area contributed by atoms with Crippen LogP contribution >= 0.6 is 27.5 Å². The molecule has 0 atom stereocenters. The summed E-state index contributed by atoms with van der Waals surface area (Å²) in [7, 11) is 0. The van der Waals surface area contributed by atoms with Crippen molar-refractivity contribution >= 4 is 27.5 Å². The van der Waals surface area contributed by atoms with E-state index in [1.54, 1.807) is 0 Å². The Labute approximate surface area is 138 Å². The first-order valence-corrected chi connectivity index (χ1v) is 8.25. The smallest absolute Gasteiger partial charge is 0.132 e. The van der Waals surface area contributed by atoms with E-state index in [4.69, 9.17) is 16.3 Å². The zero-order valence-corrected chi connectivity index (χ0v) is 14.2. The normalized spacial score (nSPS) is 14.2. The fraction of sp³-hybridized carbons (Fsp3) is 0.294. The summed E-state index contributed by atoms with van der Waals surface area (Å²) in [5.41, 5.74) is 2.20. The summed E-state index contributed by atoms with van der Waals surface area (Å²) < 4.78 is 7.11. The molecule has 1 aliphatic rings. The van der Waals surface area contributed by atoms with Gasteiger partial charge in [-0.3, -0.25) is 0 Å². The molecule has 0 radical (unpaired) electrons. The largest absolute Gasteiger partial charge is 0.457 e. The van der Waals surface area contributed by atoms with Crippen molar-refractivity contribution in [1.29, 1.82) is 0 Å². The number of ether oxygens (including phenoxy) is 1. The maximum Gasteiger partial charge on any atom is 0.132 e. The maximum atomic E-state index is 6.12. The van der Waals surface area contributed by atoms with Crippen LogP contribution < -0.4 is 10.1 Å². The van der Waals surface area contributed by atoms with Crippen molar-refractivity contribution in [2.75, 3.05) is 0 Å². The second-order valence-electron chi connectivity index (χ2n) is 5.42. The van der Waals surface area contributed by atoms with Gasteiger partial charge in [-0.15, -0.1) is 0 Å². The van der Waals surface area contributed by atoms with Gasteiger partial charge in [0.2, 0.25) is 0 Å². The maximum absolute atomic E-state index is 6.12. The number of hydrogen-bond acceptors (Lipinski definition) is 2. The van der Waals surface area contributed by atoms with Crippen molar-refractivity contribution in [1.82, 2.24) is 5.32 Å². The highest BCUT2D eigenvalue weighted by Gasteiger charge is 2.20. The van der Waals surface area contributed by atoms with E-state index in [1.807, 2.05) is 43.3 Å². The molecule has 2 aromatic carbocycles. The lowest BCUT2D eigenvalue weighted by Gasteiger charge is -2.14. The minimum atomic E-state index is 0.657. The van der Waals surface area contributed by atoms with Gasteiger partial charge >= 0.3 is 0 Å². The first-order valence-electron chi connectivity index (χ1n) is 7.07. The average Bonchev–Trinajstić information content (AvgIpc) is 3.27. The van der Waals surface area contributed by atoms with Crippen molar-refractivity contribution in [3.63, 3.8) is 0 Å². The Morgan fingerprint density at radius 2 is 2.00 bits per heavy atom. The van der Waals surface area contributed by atoms with E-state index in [-0.39, 0.29) is 0 Å². The zero-order valence-electron chi connectivity index (χ0n) is 11.8. The van der Waals surface area contributed by atoms with E-state index >= 15 is 0 Å². The molecule has 4 heteroatoms. The summed E-state index contributed by atoms with van der Waals surface area (Å²) in [5, 5.41) is 4.24. The highest BCUT2D eigenvalue weighted by Crippen LogP contribution is 2.32. The topological polar surface area (TPSA) is 21.3 Å². The lowest BCUT2D eigenvalue weighted by Crippen LogP contribution is -2.15. The third-order valence-electron chi connectivity index (χ3n) is 3.55. The van der Waals surface area contributed by atoms with Gasteiger partial charge in [-0.05, 0) is 55.7 Å². The molecule has 0 aliphatic heterocycles. The van der Waals surface area contributed by atoms with Crippen LogP contribution in [-0.2, 0) is 6.54 Å². The fourth-order valence-corrected chi connectivity index (χ4v) is 2.66. The second kappa shape index (κ2) is 6.39. The number of rotatable bonds is 5. The molecule has 2 aromatic rings. The number of nitrogens with one attached hydrogen (secondary N) is 1. The molecule has 110 valence electrons. The Morgan fingerprint density at radius 3 is 2.76 bits per heavy atom. The summed E-state index contributed by atoms with van der Waals surface area (Å²) >= 11 is 9.60. The summed E-state index contributed by atoms with van der Waals surface area (Å²) in [6.07, 6.45) is 2.53. The molecule has 1 fully saturated rings. The van der Waals surface area contributed by atoms with E-state index in [1.165, 1.54) is 12.8 Å². The van der Waals surface area contributed by atoms with Crippen LogP contribution in [0.1, 0.15) is 24.0 Å². The van der Waals surface area contributed by atoms with Crippen molar-refractivity contribution in [3.05, 3.63) is 57.0 Å². The van der Waals surface area contributed by atoms with Crippen LogP contribution in [0.3, 0.4) is 0 Å². The molecule has 2 nitrogen and oxygen atoms in total. The van der Waals surface area contributed by atoms with Gasteiger partial charge in [0, 0.05) is 27.6 Å². The van der Waals surface area contributed by atoms with Crippen LogP contribution in [0, 0.1) is 6.92 Å². The quantitative estimate of drug-likeness (QED) is 0.759. The monoisotopic (exact) mass is 365 g/mol. The van der Waals surface area contributed by atoms with Crippen LogP contribution in [0.25, 0.3) is 0 Å². The van der Waals surface area contributed by atoms with Crippen LogP contribution in [0.15, 0.2) is 40.9 Å². The minimum Gasteiger partial charge on any atom is -0.457 e. The summed E-state index contributed by atoms with van der Waals surface area (Å²) in [6.45, 7) is 2.83. The third kappa shape index (κ3) is 4.00. The lowest BCUT2D eigenvalue weighted by atomic mass is 10.2. The van der Waals surface area contributed by atoms with Gasteiger partial charge in [0.1, 0.15) is 11.5 Å². The first kappa shape index (κ1) is 14.9. The first-order chi connectivity index (χ1) is 10.1. The van der Waals surface area contributed by atoms with Gasteiger partial charge in [-0.2, -0.15) is 0 Å². The molecule has 1 N–H and O–H groups in total. The SMILES string of the molecule is Cc1ccc(Br)cc1Oc1ccc(Cl)cc1CNC1CC1. The molecule has 0 bridgehead atoms. The van der Waals surface area contributed by atoms with E-state index < -0.39 is 0 Å². The molecule has 1 saturated carbocycles. The van der Waals surface area contributed by atoms with Crippen molar-refractivity contribution in [2.45, 2.75) is 32.4 Å². The van der Waals surface area contributed by atoms with Gasteiger partial charge in [0.15, 0.2) is 0 Å². The summed E-state index contributed by atoms with van der Waals surface area (Å²) in [4.78, 5) is 0. The second-order valence-corrected chi connectivity index (χ2v) is 6.77. The Hall–Kier alpha value is -1.03. The van der Waals surface area contributed by atoms with E-state index in [2.05, 4.69) is 21.2 Å². The third-order valence-corrected chi connectivity index (χ3v) is 4.28. The predicted octanol–water partition coefficient (Wildman–Crippen LogP) is 5.46. The molecule has 0 amide bonds. The molecule has 0 spiro atoms. The molecule has 0 saturated heterocycles. The van der Waals surface area contributed by atoms with Gasteiger partial charge in [-0.1, -0.05) is 33.6 Å². The molecule has 3 rings (SSSR count).